The van der Waals surface area contributed by atoms with Crippen molar-refractivity contribution in [2.24, 2.45) is 0 Å². The highest BCUT2D eigenvalue weighted by atomic mass is 35.5. The Kier molecular flexibility index (Phi) is 9.05. The lowest BCUT2D eigenvalue weighted by atomic mass is 10.0. The number of carboxylic acids is 1. The molecule has 4 rings (SSSR count). The van der Waals surface area contributed by atoms with Gasteiger partial charge < -0.3 is 19.6 Å². The number of hydrogen-bond acceptors (Lipinski definition) is 5. The van der Waals surface area contributed by atoms with E-state index in [9.17, 15) is 9.59 Å². The van der Waals surface area contributed by atoms with Crippen LogP contribution >= 0.6 is 23.2 Å². The Hall–Kier alpha value is -3.81. The maximum atomic E-state index is 12.7. The molecule has 38 heavy (non-hydrogen) atoms. The summed E-state index contributed by atoms with van der Waals surface area (Å²) in [6.07, 6.45) is 0.831. The van der Waals surface area contributed by atoms with Crippen molar-refractivity contribution >= 4 is 35.1 Å². The van der Waals surface area contributed by atoms with Gasteiger partial charge in [0.15, 0.2) is 0 Å². The predicted octanol–water partition coefficient (Wildman–Crippen LogP) is 6.53. The minimum Gasteiger partial charge on any atom is -0.493 e. The standard InChI is InChI=1S/C29H26Cl2N2O5/c1-18-25(33-29(38-18)20-6-3-2-4-7-20)14-15-37-22-12-10-19(11-13-26(34)35)21(16-22)17-32-28(36)23-8-5-9-24(30)27(23)31/h2-10,12,16H,11,13-15,17H2,1H3,(H,32,36)(H,34,35). The second-order valence-electron chi connectivity index (χ2n) is 8.59. The van der Waals surface area contributed by atoms with Gasteiger partial charge in [-0.1, -0.05) is 53.5 Å². The van der Waals surface area contributed by atoms with E-state index < -0.39 is 5.97 Å². The summed E-state index contributed by atoms with van der Waals surface area (Å²) in [5.41, 5.74) is 3.53. The molecular formula is C29H26Cl2N2O5. The third-order valence-corrected chi connectivity index (χ3v) is 6.76. The molecule has 2 N–H and O–H groups in total. The van der Waals surface area contributed by atoms with E-state index in [0.717, 1.165) is 28.1 Å². The Balaban J connectivity index is 1.43. The van der Waals surface area contributed by atoms with Crippen LogP contribution in [0.25, 0.3) is 11.5 Å². The topological polar surface area (TPSA) is 102 Å². The summed E-state index contributed by atoms with van der Waals surface area (Å²) < 4.78 is 11.8. The van der Waals surface area contributed by atoms with Gasteiger partial charge >= 0.3 is 5.97 Å². The molecule has 0 bridgehead atoms. The van der Waals surface area contributed by atoms with E-state index in [-0.39, 0.29) is 34.5 Å². The van der Waals surface area contributed by atoms with Crippen LogP contribution in [0.4, 0.5) is 0 Å². The van der Waals surface area contributed by atoms with E-state index in [0.29, 0.717) is 31.1 Å². The van der Waals surface area contributed by atoms with Gasteiger partial charge in [-0.25, -0.2) is 4.98 Å². The van der Waals surface area contributed by atoms with Gasteiger partial charge in [0.25, 0.3) is 5.91 Å². The van der Waals surface area contributed by atoms with E-state index in [1.165, 1.54) is 0 Å². The van der Waals surface area contributed by atoms with Crippen LogP contribution < -0.4 is 10.1 Å². The third kappa shape index (κ3) is 6.94. The fourth-order valence-corrected chi connectivity index (χ4v) is 4.31. The zero-order chi connectivity index (χ0) is 27.1. The molecule has 9 heteroatoms. The molecule has 0 saturated carbocycles. The van der Waals surface area contributed by atoms with Crippen LogP contribution in [0.3, 0.4) is 0 Å². The van der Waals surface area contributed by atoms with Crippen LogP contribution in [0.2, 0.25) is 10.0 Å². The smallest absolute Gasteiger partial charge is 0.303 e. The predicted molar refractivity (Wildman–Crippen MR) is 146 cm³/mol. The number of nitrogens with one attached hydrogen (secondary N) is 1. The second kappa shape index (κ2) is 12.6. The average molecular weight is 553 g/mol. The molecule has 0 radical (unpaired) electrons. The maximum Gasteiger partial charge on any atom is 0.303 e. The monoisotopic (exact) mass is 552 g/mol. The molecule has 7 nitrogen and oxygen atoms in total. The van der Waals surface area contributed by atoms with Gasteiger partial charge in [-0.2, -0.15) is 0 Å². The zero-order valence-corrected chi connectivity index (χ0v) is 22.2. The molecule has 4 aromatic rings. The summed E-state index contributed by atoms with van der Waals surface area (Å²) in [4.78, 5) is 28.5. The van der Waals surface area contributed by atoms with Crippen LogP contribution in [0.15, 0.2) is 71.1 Å². The van der Waals surface area contributed by atoms with Gasteiger partial charge in [0.1, 0.15) is 11.5 Å². The highest BCUT2D eigenvalue weighted by Crippen LogP contribution is 2.26. The van der Waals surface area contributed by atoms with Gasteiger partial charge in [-0.15, -0.1) is 0 Å². The first-order chi connectivity index (χ1) is 18.3. The number of aliphatic carboxylic acids is 1. The molecule has 0 aliphatic heterocycles. The van der Waals surface area contributed by atoms with Crippen molar-refractivity contribution in [1.29, 1.82) is 0 Å². The van der Waals surface area contributed by atoms with Crippen molar-refractivity contribution in [2.75, 3.05) is 6.61 Å². The lowest BCUT2D eigenvalue weighted by molar-refractivity contribution is -0.136. The van der Waals surface area contributed by atoms with Crippen LogP contribution in [-0.2, 0) is 24.2 Å². The van der Waals surface area contributed by atoms with E-state index in [1.54, 1.807) is 24.3 Å². The molecule has 0 aliphatic rings. The molecule has 0 aliphatic carbocycles. The highest BCUT2D eigenvalue weighted by molar-refractivity contribution is 6.43. The average Bonchev–Trinajstić information content (AvgIpc) is 3.29. The fourth-order valence-electron chi connectivity index (χ4n) is 3.92. The van der Waals surface area contributed by atoms with Crippen LogP contribution in [0.5, 0.6) is 5.75 Å². The molecule has 1 aromatic heterocycles. The largest absolute Gasteiger partial charge is 0.493 e. The maximum absolute atomic E-state index is 12.7. The van der Waals surface area contributed by atoms with Crippen molar-refractivity contribution in [1.82, 2.24) is 10.3 Å². The Labute approximate surface area is 230 Å². The normalized spacial score (nSPS) is 10.8. The molecule has 196 valence electrons. The highest BCUT2D eigenvalue weighted by Gasteiger charge is 2.15. The Morgan fingerprint density at radius 2 is 1.79 bits per heavy atom. The number of aryl methyl sites for hydroxylation is 2. The molecular weight excluding hydrogens is 527 g/mol. The summed E-state index contributed by atoms with van der Waals surface area (Å²) in [7, 11) is 0. The number of ether oxygens (including phenoxy) is 1. The molecule has 0 atom stereocenters. The first-order valence-electron chi connectivity index (χ1n) is 12.0. The lowest BCUT2D eigenvalue weighted by Crippen LogP contribution is -2.24. The van der Waals surface area contributed by atoms with Crippen LogP contribution in [0, 0.1) is 6.92 Å². The quantitative estimate of drug-likeness (QED) is 0.219. The van der Waals surface area contributed by atoms with Crippen molar-refractivity contribution in [2.45, 2.75) is 32.7 Å². The fraction of sp³-hybridized carbons (Fsp3) is 0.207. The molecule has 0 saturated heterocycles. The molecule has 1 heterocycles. The molecule has 3 aromatic carbocycles. The summed E-state index contributed by atoms with van der Waals surface area (Å²) in [5, 5.41) is 12.4. The second-order valence-corrected chi connectivity index (χ2v) is 9.38. The SMILES string of the molecule is Cc1oc(-c2ccccc2)nc1CCOc1ccc(CCC(=O)O)c(CNC(=O)c2cccc(Cl)c2Cl)c1. The van der Waals surface area contributed by atoms with E-state index in [4.69, 9.17) is 37.5 Å². The number of carbonyl (C=O) groups excluding carboxylic acids is 1. The number of amides is 1. The molecule has 1 amide bonds. The Morgan fingerprint density at radius 1 is 1.00 bits per heavy atom. The Bertz CT molecular complexity index is 1440. The van der Waals surface area contributed by atoms with E-state index in [2.05, 4.69) is 10.3 Å². The summed E-state index contributed by atoms with van der Waals surface area (Å²) in [5.74, 6) is 0.615. The minimum atomic E-state index is -0.899. The lowest BCUT2D eigenvalue weighted by Gasteiger charge is -2.14. The van der Waals surface area contributed by atoms with Gasteiger partial charge in [-0.3, -0.25) is 9.59 Å². The van der Waals surface area contributed by atoms with Crippen molar-refractivity contribution in [3.05, 3.63) is 105 Å². The number of nitrogens with zero attached hydrogens (tertiary/aromatic N) is 1. The number of halogens is 2. The van der Waals surface area contributed by atoms with Gasteiger partial charge in [-0.05, 0) is 60.9 Å². The molecule has 0 spiro atoms. The van der Waals surface area contributed by atoms with Crippen LogP contribution in [0.1, 0.15) is 39.4 Å². The summed E-state index contributed by atoms with van der Waals surface area (Å²) in [6.45, 7) is 2.40. The zero-order valence-electron chi connectivity index (χ0n) is 20.7. The number of carbonyl (C=O) groups is 2. The number of rotatable bonds is 11. The molecule has 0 unspecified atom stereocenters. The van der Waals surface area contributed by atoms with Gasteiger partial charge in [0.05, 0.1) is 27.9 Å². The van der Waals surface area contributed by atoms with Gasteiger partial charge in [0, 0.05) is 24.9 Å². The third-order valence-electron chi connectivity index (χ3n) is 5.94. The van der Waals surface area contributed by atoms with Crippen molar-refractivity contribution < 1.29 is 23.8 Å². The number of benzene rings is 3. The number of hydrogen-bond donors (Lipinski definition) is 2. The van der Waals surface area contributed by atoms with Crippen molar-refractivity contribution in [3.63, 3.8) is 0 Å². The van der Waals surface area contributed by atoms with Gasteiger partial charge in [0.2, 0.25) is 5.89 Å². The number of carboxylic acid groups (broad SMARTS) is 1. The Morgan fingerprint density at radius 3 is 2.55 bits per heavy atom. The summed E-state index contributed by atoms with van der Waals surface area (Å²) >= 11 is 12.2. The van der Waals surface area contributed by atoms with Crippen molar-refractivity contribution in [3.8, 4) is 17.2 Å². The molecule has 0 fully saturated rings. The van der Waals surface area contributed by atoms with Crippen LogP contribution in [-0.4, -0.2) is 28.6 Å². The minimum absolute atomic E-state index is 0.0313. The number of aromatic nitrogens is 1. The first-order valence-corrected chi connectivity index (χ1v) is 12.8. The van der Waals surface area contributed by atoms with E-state index >= 15 is 0 Å². The number of oxazole rings is 1. The first kappa shape index (κ1) is 27.2. The van der Waals surface area contributed by atoms with E-state index in [1.807, 2.05) is 49.4 Å². The summed E-state index contributed by atoms with van der Waals surface area (Å²) in [6, 6.07) is 19.9.